The molecule has 4 rings (SSSR count). The Morgan fingerprint density at radius 2 is 2.00 bits per heavy atom. The normalized spacial score (nSPS) is 13.0. The fraction of sp³-hybridized carbons (Fsp3) is 0.0625. The molecule has 120 valence electrons. The van der Waals surface area contributed by atoms with Crippen LogP contribution in [-0.4, -0.2) is 22.8 Å². The van der Waals surface area contributed by atoms with Crippen LogP contribution in [0.2, 0.25) is 0 Å². The van der Waals surface area contributed by atoms with E-state index in [1.165, 1.54) is 0 Å². The second kappa shape index (κ2) is 5.64. The zero-order valence-electron chi connectivity index (χ0n) is 12.1. The van der Waals surface area contributed by atoms with Crippen molar-refractivity contribution in [2.45, 2.75) is 0 Å². The Morgan fingerprint density at radius 1 is 1.17 bits per heavy atom. The highest BCUT2D eigenvalue weighted by molar-refractivity contribution is 9.10. The summed E-state index contributed by atoms with van der Waals surface area (Å²) < 4.78 is 11.3. The second-order valence-electron chi connectivity index (χ2n) is 5.09. The van der Waals surface area contributed by atoms with Gasteiger partial charge in [0.25, 0.3) is 5.91 Å². The van der Waals surface area contributed by atoms with E-state index < -0.39 is 5.91 Å². The van der Waals surface area contributed by atoms with Gasteiger partial charge in [0.2, 0.25) is 12.7 Å². The van der Waals surface area contributed by atoms with Crippen molar-refractivity contribution in [3.63, 3.8) is 0 Å². The number of benzene rings is 2. The molecule has 0 spiro atoms. The minimum atomic E-state index is -0.544. The van der Waals surface area contributed by atoms with E-state index in [-0.39, 0.29) is 18.4 Å². The molecule has 2 aromatic carbocycles. The summed E-state index contributed by atoms with van der Waals surface area (Å²) >= 11 is 3.36. The molecule has 1 aliphatic heterocycles. The molecule has 1 aromatic heterocycles. The maximum atomic E-state index is 12.2. The van der Waals surface area contributed by atoms with E-state index in [2.05, 4.69) is 31.1 Å². The number of aromatic nitrogens is 1. The molecular formula is C16H10BrN3O4. The molecule has 0 bridgehead atoms. The smallest absolute Gasteiger partial charge is 0.295 e. The van der Waals surface area contributed by atoms with Crippen molar-refractivity contribution < 1.29 is 19.4 Å². The van der Waals surface area contributed by atoms with Crippen molar-refractivity contribution >= 4 is 38.4 Å². The van der Waals surface area contributed by atoms with Crippen molar-refractivity contribution in [2.24, 2.45) is 10.2 Å². The lowest BCUT2D eigenvalue weighted by atomic mass is 10.2. The topological polar surface area (TPSA) is 96.3 Å². The van der Waals surface area contributed by atoms with Gasteiger partial charge in [-0.15, -0.1) is 10.2 Å². The first-order valence-corrected chi connectivity index (χ1v) is 7.77. The Balaban J connectivity index is 1.66. The summed E-state index contributed by atoms with van der Waals surface area (Å²) in [5.74, 6) is 0.389. The monoisotopic (exact) mass is 387 g/mol. The van der Waals surface area contributed by atoms with Gasteiger partial charge in [-0.1, -0.05) is 15.9 Å². The maximum absolute atomic E-state index is 12.2. The second-order valence-corrected chi connectivity index (χ2v) is 6.00. The van der Waals surface area contributed by atoms with Crippen LogP contribution >= 0.6 is 15.9 Å². The molecule has 24 heavy (non-hydrogen) atoms. The molecule has 1 aliphatic rings. The van der Waals surface area contributed by atoms with Gasteiger partial charge >= 0.3 is 0 Å². The average Bonchev–Trinajstić information content (AvgIpc) is 3.15. The molecule has 3 aromatic rings. The fourth-order valence-electron chi connectivity index (χ4n) is 2.42. The first kappa shape index (κ1) is 14.7. The zero-order chi connectivity index (χ0) is 16.7. The van der Waals surface area contributed by atoms with E-state index in [9.17, 15) is 9.90 Å². The van der Waals surface area contributed by atoms with Crippen molar-refractivity contribution in [3.8, 4) is 17.4 Å². The Labute approximate surface area is 144 Å². The van der Waals surface area contributed by atoms with E-state index in [1.807, 2.05) is 6.07 Å². The Bertz CT molecular complexity index is 996. The quantitative estimate of drug-likeness (QED) is 0.640. The van der Waals surface area contributed by atoms with Gasteiger partial charge in [-0.2, -0.15) is 0 Å². The molecule has 7 nitrogen and oxygen atoms in total. The first-order valence-electron chi connectivity index (χ1n) is 6.98. The van der Waals surface area contributed by atoms with Gasteiger partial charge in [0, 0.05) is 15.4 Å². The highest BCUT2D eigenvalue weighted by Crippen LogP contribution is 2.37. The van der Waals surface area contributed by atoms with Crippen LogP contribution in [0.3, 0.4) is 0 Å². The van der Waals surface area contributed by atoms with E-state index in [0.29, 0.717) is 28.0 Å². The number of aromatic hydroxyl groups is 1. The number of H-pyrrole nitrogens is 1. The number of fused-ring (bicyclic) bond motifs is 2. The first-order chi connectivity index (χ1) is 11.6. The van der Waals surface area contributed by atoms with Gasteiger partial charge < -0.3 is 19.6 Å². The molecule has 0 unspecified atom stereocenters. The lowest BCUT2D eigenvalue weighted by Gasteiger charge is -1.98. The van der Waals surface area contributed by atoms with E-state index in [0.717, 1.165) is 4.47 Å². The number of ether oxygens (including phenoxy) is 2. The number of carbonyl (C=O) groups is 1. The van der Waals surface area contributed by atoms with Gasteiger partial charge in [0.15, 0.2) is 17.2 Å². The number of amides is 1. The molecule has 0 aliphatic carbocycles. The zero-order valence-corrected chi connectivity index (χ0v) is 13.7. The fourth-order valence-corrected chi connectivity index (χ4v) is 2.78. The van der Waals surface area contributed by atoms with Gasteiger partial charge in [-0.05, 0) is 36.4 Å². The van der Waals surface area contributed by atoms with Crippen LogP contribution in [0.5, 0.6) is 17.4 Å². The number of hydrogen-bond acceptors (Lipinski definition) is 5. The summed E-state index contributed by atoms with van der Waals surface area (Å²) in [7, 11) is 0. The predicted octanol–water partition coefficient (Wildman–Crippen LogP) is 4.29. The third-order valence-corrected chi connectivity index (χ3v) is 4.07. The van der Waals surface area contributed by atoms with Crippen molar-refractivity contribution in [1.29, 1.82) is 0 Å². The summed E-state index contributed by atoms with van der Waals surface area (Å²) in [6.45, 7) is 0.132. The molecule has 0 saturated heterocycles. The maximum Gasteiger partial charge on any atom is 0.295 e. The predicted molar refractivity (Wildman–Crippen MR) is 89.1 cm³/mol. The average molecular weight is 388 g/mol. The third kappa shape index (κ3) is 2.50. The van der Waals surface area contributed by atoms with Gasteiger partial charge in [-0.25, -0.2) is 0 Å². The number of nitrogens with zero attached hydrogens (tertiary/aromatic N) is 2. The summed E-state index contributed by atoms with van der Waals surface area (Å²) in [6.07, 6.45) is 0. The Morgan fingerprint density at radius 3 is 2.88 bits per heavy atom. The number of halogens is 1. The highest BCUT2D eigenvalue weighted by atomic mass is 79.9. The van der Waals surface area contributed by atoms with Crippen LogP contribution in [0.4, 0.5) is 5.69 Å². The van der Waals surface area contributed by atoms with Crippen molar-refractivity contribution in [1.82, 2.24) is 4.98 Å². The Kier molecular flexibility index (Phi) is 3.46. The molecule has 0 saturated carbocycles. The molecule has 0 atom stereocenters. The standard InChI is InChI=1S/C16H10BrN3O4/c17-9-2-3-11-10(6-9)14(16(22)18-11)19-20-15(21)8-1-4-12-13(5-8)24-7-23-12/h1-6,18,22H,7H2. The summed E-state index contributed by atoms with van der Waals surface area (Å²) in [6, 6.07) is 10.2. The van der Waals surface area contributed by atoms with Crippen LogP contribution in [0.25, 0.3) is 10.9 Å². The van der Waals surface area contributed by atoms with E-state index in [4.69, 9.17) is 9.47 Å². The molecule has 0 fully saturated rings. The molecular weight excluding hydrogens is 378 g/mol. The summed E-state index contributed by atoms with van der Waals surface area (Å²) in [4.78, 5) is 15.0. The van der Waals surface area contributed by atoms with Crippen LogP contribution in [-0.2, 0) is 0 Å². The summed E-state index contributed by atoms with van der Waals surface area (Å²) in [5, 5.41) is 18.2. The van der Waals surface area contributed by atoms with E-state index >= 15 is 0 Å². The number of aromatic amines is 1. The Hall–Kier alpha value is -2.87. The number of azo groups is 1. The highest BCUT2D eigenvalue weighted by Gasteiger charge is 2.17. The molecule has 2 N–H and O–H groups in total. The lowest BCUT2D eigenvalue weighted by Crippen LogP contribution is -1.94. The van der Waals surface area contributed by atoms with Crippen molar-refractivity contribution in [3.05, 3.63) is 46.4 Å². The minimum absolute atomic E-state index is 0.132. The van der Waals surface area contributed by atoms with Crippen LogP contribution < -0.4 is 9.47 Å². The number of rotatable bonds is 2. The molecule has 0 radical (unpaired) electrons. The number of carbonyl (C=O) groups excluding carboxylic acids is 1. The van der Waals surface area contributed by atoms with Crippen LogP contribution in [0, 0.1) is 0 Å². The minimum Gasteiger partial charge on any atom is -0.493 e. The summed E-state index contributed by atoms with van der Waals surface area (Å²) in [5.41, 5.74) is 1.23. The van der Waals surface area contributed by atoms with Crippen LogP contribution in [0.1, 0.15) is 10.4 Å². The van der Waals surface area contributed by atoms with Gasteiger partial charge in [0.1, 0.15) is 0 Å². The molecule has 2 heterocycles. The van der Waals surface area contributed by atoms with Crippen LogP contribution in [0.15, 0.2) is 51.1 Å². The van der Waals surface area contributed by atoms with Crippen molar-refractivity contribution in [2.75, 3.05) is 6.79 Å². The SMILES string of the molecule is O=C(N=Nc1c(O)[nH]c2ccc(Br)cc12)c1ccc2c(c1)OCO2. The number of nitrogens with one attached hydrogen (secondary N) is 1. The third-order valence-electron chi connectivity index (χ3n) is 3.57. The lowest BCUT2D eigenvalue weighted by molar-refractivity contribution is 0.0994. The molecule has 1 amide bonds. The van der Waals surface area contributed by atoms with E-state index in [1.54, 1.807) is 30.3 Å². The molecule has 8 heteroatoms. The van der Waals surface area contributed by atoms with Gasteiger partial charge in [0.05, 0.1) is 5.52 Å². The largest absolute Gasteiger partial charge is 0.493 e. The van der Waals surface area contributed by atoms with Gasteiger partial charge in [-0.3, -0.25) is 4.79 Å². The number of hydrogen-bond donors (Lipinski definition) is 2.